The molecule has 1 aromatic heterocycles. The molecule has 0 saturated heterocycles. The van der Waals surface area contributed by atoms with E-state index in [4.69, 9.17) is 34.8 Å². The largest absolute Gasteiger partial charge is 0.268 e. The third-order valence-corrected chi connectivity index (χ3v) is 4.18. The maximum Gasteiger partial charge on any atom is 0.266 e. The van der Waals surface area contributed by atoms with Crippen molar-refractivity contribution in [2.45, 2.75) is 5.88 Å². The minimum absolute atomic E-state index is 0.0862. The summed E-state index contributed by atoms with van der Waals surface area (Å²) in [5, 5.41) is 1.17. The summed E-state index contributed by atoms with van der Waals surface area (Å²) in [4.78, 5) is 17.2. The van der Waals surface area contributed by atoms with Crippen molar-refractivity contribution in [3.63, 3.8) is 0 Å². The van der Waals surface area contributed by atoms with Gasteiger partial charge in [-0.3, -0.25) is 9.36 Å². The molecule has 6 heteroatoms. The highest BCUT2D eigenvalue weighted by Gasteiger charge is 2.15. The first-order chi connectivity index (χ1) is 10.1. The Morgan fingerprint density at radius 1 is 1.05 bits per heavy atom. The second-order valence-corrected chi connectivity index (χ2v) is 5.44. The van der Waals surface area contributed by atoms with Gasteiger partial charge in [0.25, 0.3) is 5.56 Å². The van der Waals surface area contributed by atoms with Gasteiger partial charge < -0.3 is 0 Å². The van der Waals surface area contributed by atoms with Crippen LogP contribution in [-0.2, 0) is 5.88 Å². The zero-order valence-corrected chi connectivity index (χ0v) is 13.0. The van der Waals surface area contributed by atoms with Crippen molar-refractivity contribution in [1.29, 1.82) is 0 Å². The first kappa shape index (κ1) is 14.4. The number of rotatable bonds is 2. The van der Waals surface area contributed by atoms with Crippen molar-refractivity contribution in [2.75, 3.05) is 0 Å². The summed E-state index contributed by atoms with van der Waals surface area (Å²) >= 11 is 18.2. The van der Waals surface area contributed by atoms with E-state index in [0.717, 1.165) is 0 Å². The van der Waals surface area contributed by atoms with Crippen LogP contribution in [0.5, 0.6) is 0 Å². The molecular weight excluding hydrogens is 331 g/mol. The van der Waals surface area contributed by atoms with Crippen LogP contribution in [-0.4, -0.2) is 9.55 Å². The SMILES string of the molecule is O=c1c2ccccc2nc(CCl)n1-c1cccc(Cl)c1Cl. The lowest BCUT2D eigenvalue weighted by molar-refractivity contribution is 0.882. The third-order valence-electron chi connectivity index (χ3n) is 3.14. The highest BCUT2D eigenvalue weighted by atomic mass is 35.5. The molecule has 0 aliphatic heterocycles. The summed E-state index contributed by atoms with van der Waals surface area (Å²) in [6, 6.07) is 12.2. The molecule has 0 atom stereocenters. The van der Waals surface area contributed by atoms with Gasteiger partial charge in [0.1, 0.15) is 5.82 Å². The van der Waals surface area contributed by atoms with E-state index in [1.54, 1.807) is 36.4 Å². The molecular formula is C15H9Cl3N2O. The van der Waals surface area contributed by atoms with E-state index in [0.29, 0.717) is 32.5 Å². The molecule has 0 aliphatic carbocycles. The molecule has 0 aliphatic rings. The number of aromatic nitrogens is 2. The van der Waals surface area contributed by atoms with Crippen LogP contribution in [0.3, 0.4) is 0 Å². The maximum atomic E-state index is 12.7. The van der Waals surface area contributed by atoms with Gasteiger partial charge in [0, 0.05) is 0 Å². The number of nitrogens with zero attached hydrogens (tertiary/aromatic N) is 2. The van der Waals surface area contributed by atoms with E-state index >= 15 is 0 Å². The summed E-state index contributed by atoms with van der Waals surface area (Å²) in [5.41, 5.74) is 0.857. The van der Waals surface area contributed by atoms with E-state index in [-0.39, 0.29) is 11.4 Å². The summed E-state index contributed by atoms with van der Waals surface area (Å²) in [5.74, 6) is 0.507. The molecule has 3 aromatic rings. The van der Waals surface area contributed by atoms with Crippen molar-refractivity contribution < 1.29 is 0 Å². The fourth-order valence-corrected chi connectivity index (χ4v) is 2.74. The van der Waals surface area contributed by atoms with E-state index in [1.165, 1.54) is 4.57 Å². The molecule has 2 aromatic carbocycles. The molecule has 0 amide bonds. The lowest BCUT2D eigenvalue weighted by atomic mass is 10.2. The number of benzene rings is 2. The van der Waals surface area contributed by atoms with Gasteiger partial charge in [0.15, 0.2) is 0 Å². The molecule has 0 unspecified atom stereocenters. The Morgan fingerprint density at radius 2 is 1.81 bits per heavy atom. The van der Waals surface area contributed by atoms with Gasteiger partial charge in [-0.05, 0) is 24.3 Å². The Hall–Kier alpha value is -1.55. The molecule has 0 radical (unpaired) electrons. The number of halogens is 3. The summed E-state index contributed by atoms with van der Waals surface area (Å²) in [6.07, 6.45) is 0. The van der Waals surface area contributed by atoms with Crippen molar-refractivity contribution in [3.8, 4) is 5.69 Å². The Labute approximate surface area is 135 Å². The zero-order chi connectivity index (χ0) is 15.0. The number of hydrogen-bond donors (Lipinski definition) is 0. The predicted octanol–water partition coefficient (Wildman–Crippen LogP) is 4.43. The Balaban J connectivity index is 2.44. The van der Waals surface area contributed by atoms with Gasteiger partial charge in [-0.2, -0.15) is 0 Å². The molecule has 21 heavy (non-hydrogen) atoms. The summed E-state index contributed by atoms with van der Waals surface area (Å²) in [7, 11) is 0. The maximum absolute atomic E-state index is 12.7. The molecule has 0 fully saturated rings. The molecule has 0 spiro atoms. The standard InChI is InChI=1S/C15H9Cl3N2O/c16-8-13-19-11-6-2-1-4-9(11)15(21)20(13)12-7-3-5-10(17)14(12)18/h1-7H,8H2. The van der Waals surface area contributed by atoms with Crippen LogP contribution >= 0.6 is 34.8 Å². The van der Waals surface area contributed by atoms with E-state index in [2.05, 4.69) is 4.98 Å². The number of hydrogen-bond acceptors (Lipinski definition) is 2. The van der Waals surface area contributed by atoms with Crippen LogP contribution in [0.25, 0.3) is 16.6 Å². The Kier molecular flexibility index (Phi) is 3.89. The first-order valence-electron chi connectivity index (χ1n) is 6.14. The smallest absolute Gasteiger partial charge is 0.266 e. The van der Waals surface area contributed by atoms with E-state index in [1.807, 2.05) is 6.07 Å². The number of fused-ring (bicyclic) bond motifs is 1. The predicted molar refractivity (Wildman–Crippen MR) is 86.9 cm³/mol. The summed E-state index contributed by atoms with van der Waals surface area (Å²) < 4.78 is 1.41. The monoisotopic (exact) mass is 338 g/mol. The van der Waals surface area contributed by atoms with Crippen molar-refractivity contribution >= 4 is 45.7 Å². The molecule has 1 heterocycles. The van der Waals surface area contributed by atoms with E-state index < -0.39 is 0 Å². The molecule has 0 saturated carbocycles. The van der Waals surface area contributed by atoms with Crippen molar-refractivity contribution in [2.24, 2.45) is 0 Å². The van der Waals surface area contributed by atoms with Gasteiger partial charge in [0.05, 0.1) is 32.5 Å². The van der Waals surface area contributed by atoms with Gasteiger partial charge in [-0.15, -0.1) is 11.6 Å². The van der Waals surface area contributed by atoms with Gasteiger partial charge >= 0.3 is 0 Å². The van der Waals surface area contributed by atoms with Gasteiger partial charge in [-0.1, -0.05) is 41.4 Å². The minimum atomic E-state index is -0.222. The Morgan fingerprint density at radius 3 is 2.57 bits per heavy atom. The van der Waals surface area contributed by atoms with Crippen molar-refractivity contribution in [1.82, 2.24) is 9.55 Å². The first-order valence-corrected chi connectivity index (χ1v) is 7.43. The van der Waals surface area contributed by atoms with Crippen LogP contribution in [0.4, 0.5) is 0 Å². The zero-order valence-electron chi connectivity index (χ0n) is 10.7. The number of alkyl halides is 1. The summed E-state index contributed by atoms with van der Waals surface area (Å²) in [6.45, 7) is 0. The molecule has 0 N–H and O–H groups in total. The van der Waals surface area contributed by atoms with Crippen LogP contribution in [0.15, 0.2) is 47.3 Å². The normalized spacial score (nSPS) is 11.0. The molecule has 3 rings (SSSR count). The third kappa shape index (κ3) is 2.42. The van der Waals surface area contributed by atoms with Crippen LogP contribution in [0.2, 0.25) is 10.0 Å². The fourth-order valence-electron chi connectivity index (χ4n) is 2.18. The average Bonchev–Trinajstić information content (AvgIpc) is 2.50. The quantitative estimate of drug-likeness (QED) is 0.647. The topological polar surface area (TPSA) is 34.9 Å². The second-order valence-electron chi connectivity index (χ2n) is 4.39. The van der Waals surface area contributed by atoms with Crippen LogP contribution in [0, 0.1) is 0 Å². The highest BCUT2D eigenvalue weighted by molar-refractivity contribution is 6.43. The molecule has 106 valence electrons. The van der Waals surface area contributed by atoms with Crippen LogP contribution < -0.4 is 5.56 Å². The second kappa shape index (κ2) is 5.68. The lowest BCUT2D eigenvalue weighted by Crippen LogP contribution is -2.23. The van der Waals surface area contributed by atoms with E-state index in [9.17, 15) is 4.79 Å². The molecule has 3 nitrogen and oxygen atoms in total. The minimum Gasteiger partial charge on any atom is -0.268 e. The van der Waals surface area contributed by atoms with Crippen molar-refractivity contribution in [3.05, 3.63) is 68.7 Å². The highest BCUT2D eigenvalue weighted by Crippen LogP contribution is 2.28. The van der Waals surface area contributed by atoms with Crippen LogP contribution in [0.1, 0.15) is 5.82 Å². The lowest BCUT2D eigenvalue weighted by Gasteiger charge is -2.13. The van der Waals surface area contributed by atoms with Gasteiger partial charge in [0.2, 0.25) is 0 Å². The number of para-hydroxylation sites is 1. The fraction of sp³-hybridized carbons (Fsp3) is 0.0667. The average molecular weight is 340 g/mol. The Bertz CT molecular complexity index is 890. The molecule has 0 bridgehead atoms. The van der Waals surface area contributed by atoms with Gasteiger partial charge in [-0.25, -0.2) is 4.98 Å².